The first-order valence-electron chi connectivity index (χ1n) is 9.66. The zero-order valence-electron chi connectivity index (χ0n) is 16.4. The average molecular weight is 385 g/mol. The Labute approximate surface area is 165 Å². The summed E-state index contributed by atoms with van der Waals surface area (Å²) in [5, 5.41) is 2.88. The number of pyridine rings is 1. The van der Waals surface area contributed by atoms with Gasteiger partial charge in [-0.15, -0.1) is 0 Å². The van der Waals surface area contributed by atoms with Crippen LogP contribution in [0.3, 0.4) is 0 Å². The van der Waals surface area contributed by atoms with Crippen LogP contribution in [-0.4, -0.2) is 47.5 Å². The predicted octanol–water partition coefficient (Wildman–Crippen LogP) is 2.62. The van der Waals surface area contributed by atoms with Gasteiger partial charge in [0.15, 0.2) is 0 Å². The Bertz CT molecular complexity index is 797. The Hall–Kier alpha value is -2.67. The van der Waals surface area contributed by atoms with Crippen molar-refractivity contribution in [3.8, 4) is 0 Å². The number of nitrogens with zero attached hydrogens (tertiary/aromatic N) is 2. The fourth-order valence-electron chi connectivity index (χ4n) is 3.35. The summed E-state index contributed by atoms with van der Waals surface area (Å²) in [6.45, 7) is 5.57. The van der Waals surface area contributed by atoms with Crippen LogP contribution in [0.5, 0.6) is 0 Å². The molecule has 2 aromatic heterocycles. The normalized spacial score (nSPS) is 16.1. The molecule has 1 unspecified atom stereocenters. The van der Waals surface area contributed by atoms with Gasteiger partial charge in [0.1, 0.15) is 11.5 Å². The molecule has 3 heterocycles. The summed E-state index contributed by atoms with van der Waals surface area (Å²) in [6.07, 6.45) is 5.60. The van der Waals surface area contributed by atoms with Crippen molar-refractivity contribution < 1.29 is 18.7 Å². The van der Waals surface area contributed by atoms with E-state index in [2.05, 4.69) is 10.3 Å². The van der Waals surface area contributed by atoms with Gasteiger partial charge in [-0.1, -0.05) is 6.07 Å². The molecule has 1 N–H and O–H groups in total. The van der Waals surface area contributed by atoms with Gasteiger partial charge in [-0.2, -0.15) is 0 Å². The zero-order valence-corrected chi connectivity index (χ0v) is 16.4. The van der Waals surface area contributed by atoms with Gasteiger partial charge in [-0.05, 0) is 44.4 Å². The molecule has 1 saturated heterocycles. The second kappa shape index (κ2) is 9.50. The number of furan rings is 1. The van der Waals surface area contributed by atoms with Crippen LogP contribution in [0.2, 0.25) is 0 Å². The molecule has 1 aliphatic rings. The smallest absolute Gasteiger partial charge is 0.257 e. The van der Waals surface area contributed by atoms with Crippen LogP contribution in [0.15, 0.2) is 35.0 Å². The van der Waals surface area contributed by atoms with Crippen LogP contribution in [0.1, 0.15) is 46.7 Å². The highest BCUT2D eigenvalue weighted by atomic mass is 16.5. The Kier molecular flexibility index (Phi) is 6.81. The van der Waals surface area contributed by atoms with Crippen LogP contribution < -0.4 is 5.32 Å². The lowest BCUT2D eigenvalue weighted by Gasteiger charge is -2.25. The van der Waals surface area contributed by atoms with E-state index in [1.165, 1.54) is 0 Å². The van der Waals surface area contributed by atoms with Gasteiger partial charge in [-0.3, -0.25) is 14.6 Å². The lowest BCUT2D eigenvalue weighted by Crippen LogP contribution is -2.40. The number of hydrogen-bond donors (Lipinski definition) is 1. The number of carbonyl (C=O) groups excluding carboxylic acids is 2. The summed E-state index contributed by atoms with van der Waals surface area (Å²) in [5.74, 6) is 1.08. The minimum absolute atomic E-state index is 0.0238. The lowest BCUT2D eigenvalue weighted by molar-refractivity contribution is -0.121. The maximum absolute atomic E-state index is 13.0. The van der Waals surface area contributed by atoms with Crippen molar-refractivity contribution >= 4 is 11.8 Å². The topological polar surface area (TPSA) is 84.7 Å². The molecule has 1 fully saturated rings. The first-order valence-corrected chi connectivity index (χ1v) is 9.66. The molecule has 1 aliphatic heterocycles. The number of aromatic nitrogens is 1. The molecule has 2 amide bonds. The third-order valence-electron chi connectivity index (χ3n) is 4.83. The Morgan fingerprint density at radius 1 is 1.36 bits per heavy atom. The number of rotatable bonds is 8. The number of amides is 2. The van der Waals surface area contributed by atoms with Crippen LogP contribution in [0.4, 0.5) is 0 Å². The van der Waals surface area contributed by atoms with E-state index in [-0.39, 0.29) is 24.3 Å². The molecule has 1 atom stereocenters. The number of ether oxygens (including phenoxy) is 1. The molecule has 2 aromatic rings. The second-order valence-electron chi connectivity index (χ2n) is 7.10. The van der Waals surface area contributed by atoms with Crippen molar-refractivity contribution in [1.82, 2.24) is 15.2 Å². The molecular weight excluding hydrogens is 358 g/mol. The van der Waals surface area contributed by atoms with E-state index in [0.29, 0.717) is 36.7 Å². The summed E-state index contributed by atoms with van der Waals surface area (Å²) < 4.78 is 11.2. The SMILES string of the molecule is Cc1cc(C(=O)N(CCC(=O)NCc2cccnc2)CC2CCCO2)c(C)o1. The third kappa shape index (κ3) is 5.42. The van der Waals surface area contributed by atoms with Gasteiger partial charge >= 0.3 is 0 Å². The molecule has 7 heteroatoms. The molecule has 3 rings (SSSR count). The van der Waals surface area contributed by atoms with Crippen molar-refractivity contribution in [2.45, 2.75) is 45.8 Å². The standard InChI is InChI=1S/C21H27N3O4/c1-15-11-19(16(2)28-15)21(26)24(14-18-6-4-10-27-18)9-7-20(25)23-13-17-5-3-8-22-12-17/h3,5,8,11-12,18H,4,6-7,9-10,13-14H2,1-2H3,(H,23,25). The van der Waals surface area contributed by atoms with Gasteiger partial charge < -0.3 is 19.4 Å². The first-order chi connectivity index (χ1) is 13.5. The van der Waals surface area contributed by atoms with E-state index in [9.17, 15) is 9.59 Å². The Morgan fingerprint density at radius 2 is 2.21 bits per heavy atom. The van der Waals surface area contributed by atoms with E-state index >= 15 is 0 Å². The summed E-state index contributed by atoms with van der Waals surface area (Å²) in [7, 11) is 0. The molecule has 0 radical (unpaired) electrons. The van der Waals surface area contributed by atoms with Crippen LogP contribution in [0, 0.1) is 13.8 Å². The first kappa shape index (κ1) is 20.1. The van der Waals surface area contributed by atoms with Crippen molar-refractivity contribution in [2.24, 2.45) is 0 Å². The fraction of sp³-hybridized carbons (Fsp3) is 0.476. The number of aryl methyl sites for hydroxylation is 2. The maximum atomic E-state index is 13.0. The van der Waals surface area contributed by atoms with Gasteiger partial charge in [0.25, 0.3) is 5.91 Å². The van der Waals surface area contributed by atoms with E-state index in [1.54, 1.807) is 30.3 Å². The van der Waals surface area contributed by atoms with Crippen LogP contribution in [0.25, 0.3) is 0 Å². The summed E-state index contributed by atoms with van der Waals surface area (Å²) in [5.41, 5.74) is 1.49. The van der Waals surface area contributed by atoms with Crippen molar-refractivity contribution in [1.29, 1.82) is 0 Å². The summed E-state index contributed by atoms with van der Waals surface area (Å²) >= 11 is 0. The highest BCUT2D eigenvalue weighted by Gasteiger charge is 2.26. The molecule has 0 aromatic carbocycles. The second-order valence-corrected chi connectivity index (χ2v) is 7.10. The molecule has 28 heavy (non-hydrogen) atoms. The predicted molar refractivity (Wildman–Crippen MR) is 104 cm³/mol. The van der Waals surface area contributed by atoms with Crippen molar-refractivity contribution in [2.75, 3.05) is 19.7 Å². The van der Waals surface area contributed by atoms with E-state index < -0.39 is 0 Å². The number of hydrogen-bond acceptors (Lipinski definition) is 5. The van der Waals surface area contributed by atoms with Crippen LogP contribution >= 0.6 is 0 Å². The monoisotopic (exact) mass is 385 g/mol. The lowest BCUT2D eigenvalue weighted by atomic mass is 10.1. The summed E-state index contributed by atoms with van der Waals surface area (Å²) in [4.78, 5) is 31.0. The van der Waals surface area contributed by atoms with E-state index in [0.717, 1.165) is 25.0 Å². The molecule has 7 nitrogen and oxygen atoms in total. The number of nitrogens with one attached hydrogen (secondary N) is 1. The Balaban J connectivity index is 1.59. The molecule has 0 aliphatic carbocycles. The molecule has 0 bridgehead atoms. The van der Waals surface area contributed by atoms with Crippen molar-refractivity contribution in [3.63, 3.8) is 0 Å². The van der Waals surface area contributed by atoms with Gasteiger partial charge in [0.2, 0.25) is 5.91 Å². The van der Waals surface area contributed by atoms with Gasteiger partial charge in [-0.25, -0.2) is 0 Å². The highest BCUT2D eigenvalue weighted by molar-refractivity contribution is 5.95. The molecule has 150 valence electrons. The van der Waals surface area contributed by atoms with E-state index in [1.807, 2.05) is 19.1 Å². The van der Waals surface area contributed by atoms with E-state index in [4.69, 9.17) is 9.15 Å². The van der Waals surface area contributed by atoms with Gasteiger partial charge in [0, 0.05) is 45.1 Å². The minimum Gasteiger partial charge on any atom is -0.466 e. The Morgan fingerprint density at radius 3 is 2.86 bits per heavy atom. The molecule has 0 saturated carbocycles. The fourth-order valence-corrected chi connectivity index (χ4v) is 3.35. The molecular formula is C21H27N3O4. The quantitative estimate of drug-likeness (QED) is 0.755. The van der Waals surface area contributed by atoms with Crippen LogP contribution in [-0.2, 0) is 16.1 Å². The maximum Gasteiger partial charge on any atom is 0.257 e. The van der Waals surface area contributed by atoms with Crippen molar-refractivity contribution in [3.05, 3.63) is 53.2 Å². The zero-order chi connectivity index (χ0) is 19.9. The van der Waals surface area contributed by atoms with Gasteiger partial charge in [0.05, 0.1) is 11.7 Å². The number of carbonyl (C=O) groups is 2. The molecule has 0 spiro atoms. The average Bonchev–Trinajstić information content (AvgIpc) is 3.32. The minimum atomic E-state index is -0.120. The summed E-state index contributed by atoms with van der Waals surface area (Å²) in [6, 6.07) is 5.49. The highest BCUT2D eigenvalue weighted by Crippen LogP contribution is 2.19. The third-order valence-corrected chi connectivity index (χ3v) is 4.83. The largest absolute Gasteiger partial charge is 0.466 e.